The van der Waals surface area contributed by atoms with Crippen molar-refractivity contribution in [3.8, 4) is 0 Å². The Hall–Kier alpha value is -0.240. The lowest BCUT2D eigenvalue weighted by atomic mass is 9.99. The van der Waals surface area contributed by atoms with Gasteiger partial charge in [-0.2, -0.15) is 0 Å². The number of rotatable bonds is 6. The summed E-state index contributed by atoms with van der Waals surface area (Å²) in [7, 11) is 1.37. The van der Waals surface area contributed by atoms with Crippen LogP contribution in [0.15, 0.2) is 0 Å². The summed E-state index contributed by atoms with van der Waals surface area (Å²) < 4.78 is 15.5. The van der Waals surface area contributed by atoms with Crippen LogP contribution in [0.5, 0.6) is 0 Å². The van der Waals surface area contributed by atoms with E-state index in [1.54, 1.807) is 0 Å². The van der Waals surface area contributed by atoms with Crippen LogP contribution in [0.2, 0.25) is 0 Å². The number of hydrogen-bond donors (Lipinski definition) is 3. The highest BCUT2D eigenvalue weighted by Crippen LogP contribution is 2.21. The molecule has 17 heavy (non-hydrogen) atoms. The van der Waals surface area contributed by atoms with Crippen LogP contribution in [-0.2, 0) is 14.2 Å². The second-order valence-electron chi connectivity index (χ2n) is 4.18. The van der Waals surface area contributed by atoms with E-state index < -0.39 is 30.7 Å². The van der Waals surface area contributed by atoms with Crippen LogP contribution in [0.3, 0.4) is 0 Å². The first-order chi connectivity index (χ1) is 8.11. The van der Waals surface area contributed by atoms with E-state index in [1.165, 1.54) is 7.11 Å². The van der Waals surface area contributed by atoms with E-state index in [0.29, 0.717) is 6.61 Å². The van der Waals surface area contributed by atoms with Crippen molar-refractivity contribution in [3.63, 3.8) is 0 Å². The van der Waals surface area contributed by atoms with Gasteiger partial charge in [0.25, 0.3) is 0 Å². The predicted molar refractivity (Wildman–Crippen MR) is 59.4 cm³/mol. The molecule has 1 aliphatic rings. The van der Waals surface area contributed by atoms with Gasteiger partial charge in [-0.25, -0.2) is 0 Å². The fourth-order valence-electron chi connectivity index (χ4n) is 1.69. The van der Waals surface area contributed by atoms with Gasteiger partial charge >= 0.3 is 0 Å². The third-order valence-corrected chi connectivity index (χ3v) is 2.83. The minimum absolute atomic E-state index is 0.171. The quantitative estimate of drug-likeness (QED) is 0.538. The van der Waals surface area contributed by atoms with E-state index >= 15 is 0 Å². The number of ether oxygens (including phenoxy) is 3. The van der Waals surface area contributed by atoms with Crippen molar-refractivity contribution in [2.24, 2.45) is 0 Å². The van der Waals surface area contributed by atoms with Gasteiger partial charge in [0, 0.05) is 13.7 Å². The van der Waals surface area contributed by atoms with E-state index in [1.807, 2.05) is 0 Å². The highest BCUT2D eigenvalue weighted by atomic mass is 16.7. The first-order valence-corrected chi connectivity index (χ1v) is 5.92. The van der Waals surface area contributed by atoms with Crippen LogP contribution in [0, 0.1) is 0 Å². The first kappa shape index (κ1) is 14.8. The molecule has 1 saturated heterocycles. The Balaban J connectivity index is 2.42. The molecule has 5 atom stereocenters. The van der Waals surface area contributed by atoms with Crippen molar-refractivity contribution in [3.05, 3.63) is 0 Å². The second-order valence-corrected chi connectivity index (χ2v) is 4.18. The topological polar surface area (TPSA) is 88.4 Å². The van der Waals surface area contributed by atoms with E-state index in [9.17, 15) is 15.3 Å². The molecule has 0 spiro atoms. The predicted octanol–water partition coefficient (Wildman–Crippen LogP) is -0.743. The molecule has 1 aliphatic heterocycles. The van der Waals surface area contributed by atoms with Crippen molar-refractivity contribution < 1.29 is 29.5 Å². The Morgan fingerprint density at radius 1 is 1.12 bits per heavy atom. The highest BCUT2D eigenvalue weighted by molar-refractivity contribution is 4.88. The van der Waals surface area contributed by atoms with Gasteiger partial charge in [-0.1, -0.05) is 13.3 Å². The minimum atomic E-state index is -1.28. The van der Waals surface area contributed by atoms with Crippen LogP contribution in [0.1, 0.15) is 19.8 Å². The monoisotopic (exact) mass is 250 g/mol. The van der Waals surface area contributed by atoms with Gasteiger partial charge in [0.15, 0.2) is 6.29 Å². The number of aliphatic hydroxyl groups is 3. The Morgan fingerprint density at radius 3 is 2.41 bits per heavy atom. The number of aliphatic hydroxyl groups excluding tert-OH is 3. The molecule has 1 rings (SSSR count). The zero-order valence-corrected chi connectivity index (χ0v) is 10.3. The molecule has 6 heteroatoms. The van der Waals surface area contributed by atoms with Crippen molar-refractivity contribution in [2.45, 2.75) is 50.5 Å². The van der Waals surface area contributed by atoms with Gasteiger partial charge < -0.3 is 29.5 Å². The molecule has 0 saturated carbocycles. The summed E-state index contributed by atoms with van der Waals surface area (Å²) in [6, 6.07) is 0. The van der Waals surface area contributed by atoms with E-state index in [-0.39, 0.29) is 6.61 Å². The molecule has 0 unspecified atom stereocenters. The lowest BCUT2D eigenvalue weighted by Crippen LogP contribution is -2.59. The van der Waals surface area contributed by atoms with Crippen LogP contribution in [-0.4, -0.2) is 66.3 Å². The van der Waals surface area contributed by atoms with E-state index in [2.05, 4.69) is 6.92 Å². The average Bonchev–Trinajstić information content (AvgIpc) is 2.34. The Morgan fingerprint density at radius 2 is 1.82 bits per heavy atom. The standard InChI is InChI=1S/C11H22O6/c1-3-4-5-16-6-7-8(12)9(13)10(14)11(15-2)17-7/h7-14H,3-6H2,1-2H3/t7-,8-,9-,10+,11+/m1/s1. The van der Waals surface area contributed by atoms with E-state index in [0.717, 1.165) is 12.8 Å². The average molecular weight is 250 g/mol. The fourth-order valence-corrected chi connectivity index (χ4v) is 1.69. The summed E-state index contributed by atoms with van der Waals surface area (Å²) in [6.45, 7) is 2.81. The maximum absolute atomic E-state index is 9.71. The van der Waals surface area contributed by atoms with Crippen molar-refractivity contribution in [1.29, 1.82) is 0 Å². The lowest BCUT2D eigenvalue weighted by Gasteiger charge is -2.39. The normalized spacial score (nSPS) is 38.3. The van der Waals surface area contributed by atoms with Crippen molar-refractivity contribution in [2.75, 3.05) is 20.3 Å². The maximum Gasteiger partial charge on any atom is 0.186 e. The van der Waals surface area contributed by atoms with Crippen LogP contribution in [0.4, 0.5) is 0 Å². The van der Waals surface area contributed by atoms with Gasteiger partial charge in [-0.05, 0) is 6.42 Å². The first-order valence-electron chi connectivity index (χ1n) is 5.92. The molecule has 1 fully saturated rings. The SMILES string of the molecule is CCCCOC[C@H]1O[C@H](OC)[C@@H](O)[C@H](O)[C@@H]1O. The van der Waals surface area contributed by atoms with Crippen LogP contribution in [0.25, 0.3) is 0 Å². The summed E-state index contributed by atoms with van der Waals surface area (Å²) in [4.78, 5) is 0. The summed E-state index contributed by atoms with van der Waals surface area (Å²) in [5.74, 6) is 0. The molecule has 0 aromatic carbocycles. The number of methoxy groups -OCH3 is 1. The second kappa shape index (κ2) is 7.25. The zero-order valence-electron chi connectivity index (χ0n) is 10.3. The van der Waals surface area contributed by atoms with Gasteiger partial charge in [-0.15, -0.1) is 0 Å². The van der Waals surface area contributed by atoms with Crippen molar-refractivity contribution >= 4 is 0 Å². The van der Waals surface area contributed by atoms with Gasteiger partial charge in [0.05, 0.1) is 6.61 Å². The largest absolute Gasteiger partial charge is 0.387 e. The molecule has 0 aromatic rings. The third-order valence-electron chi connectivity index (χ3n) is 2.83. The highest BCUT2D eigenvalue weighted by Gasteiger charge is 2.43. The van der Waals surface area contributed by atoms with Crippen molar-refractivity contribution in [1.82, 2.24) is 0 Å². The van der Waals surface area contributed by atoms with Gasteiger partial charge in [0.1, 0.15) is 24.4 Å². The molecule has 0 radical (unpaired) electrons. The molecule has 1 heterocycles. The molecular formula is C11H22O6. The van der Waals surface area contributed by atoms with Gasteiger partial charge in [0.2, 0.25) is 0 Å². The molecule has 0 amide bonds. The Labute approximate surface area is 101 Å². The van der Waals surface area contributed by atoms with Gasteiger partial charge in [-0.3, -0.25) is 0 Å². The third kappa shape index (κ3) is 3.87. The summed E-state index contributed by atoms with van der Waals surface area (Å²) >= 11 is 0. The molecule has 0 aliphatic carbocycles. The lowest BCUT2D eigenvalue weighted by molar-refractivity contribution is -0.296. The molecule has 0 bridgehead atoms. The molecule has 3 N–H and O–H groups in total. The molecular weight excluding hydrogens is 228 g/mol. The Bertz CT molecular complexity index is 210. The zero-order chi connectivity index (χ0) is 12.8. The Kier molecular flexibility index (Phi) is 6.32. The minimum Gasteiger partial charge on any atom is -0.387 e. The molecule has 0 aromatic heterocycles. The smallest absolute Gasteiger partial charge is 0.186 e. The van der Waals surface area contributed by atoms with Crippen LogP contribution >= 0.6 is 0 Å². The van der Waals surface area contributed by atoms with Crippen LogP contribution < -0.4 is 0 Å². The maximum atomic E-state index is 9.71. The fraction of sp³-hybridized carbons (Fsp3) is 1.00. The summed E-state index contributed by atoms with van der Waals surface area (Å²) in [5.41, 5.74) is 0. The number of unbranched alkanes of at least 4 members (excludes halogenated alkanes) is 1. The summed E-state index contributed by atoms with van der Waals surface area (Å²) in [6.07, 6.45) is -3.37. The van der Waals surface area contributed by atoms with E-state index in [4.69, 9.17) is 14.2 Å². The summed E-state index contributed by atoms with van der Waals surface area (Å²) in [5, 5.41) is 28.8. The molecule has 6 nitrogen and oxygen atoms in total. The number of hydrogen-bond acceptors (Lipinski definition) is 6. The molecule has 102 valence electrons.